The van der Waals surface area contributed by atoms with E-state index in [9.17, 15) is 9.59 Å². The Balaban J connectivity index is 2.57. The van der Waals surface area contributed by atoms with E-state index in [1.54, 1.807) is 27.0 Å². The predicted molar refractivity (Wildman–Crippen MR) is 84.6 cm³/mol. The molecule has 0 aliphatic rings. The number of nitrogen functional groups attached to an aromatic ring is 1. The van der Waals surface area contributed by atoms with E-state index in [1.807, 2.05) is 0 Å². The summed E-state index contributed by atoms with van der Waals surface area (Å²) in [6.07, 6.45) is 3.94. The first-order valence-electron chi connectivity index (χ1n) is 7.34. The molecule has 1 aromatic heterocycles. The number of esters is 1. The van der Waals surface area contributed by atoms with Gasteiger partial charge in [0.2, 0.25) is 0 Å². The van der Waals surface area contributed by atoms with E-state index in [0.717, 1.165) is 5.56 Å². The smallest absolute Gasteiger partial charge is 0.408 e. The van der Waals surface area contributed by atoms with E-state index in [-0.39, 0.29) is 0 Å². The number of nitrogens with two attached hydrogens (primary N) is 1. The van der Waals surface area contributed by atoms with Crippen molar-refractivity contribution in [3.8, 4) is 0 Å². The number of amides is 1. The van der Waals surface area contributed by atoms with Crippen LogP contribution in [0.2, 0.25) is 0 Å². The van der Waals surface area contributed by atoms with Crippen LogP contribution in [0.3, 0.4) is 0 Å². The average molecular weight is 324 g/mol. The molecule has 1 atom stereocenters. The summed E-state index contributed by atoms with van der Waals surface area (Å²) in [6, 6.07) is -0.777. The van der Waals surface area contributed by atoms with Crippen LogP contribution in [-0.2, 0) is 20.7 Å². The molecule has 0 fully saturated rings. The normalized spacial score (nSPS) is 12.3. The number of hydrogen-bond donors (Lipinski definition) is 2. The highest BCUT2D eigenvalue weighted by molar-refractivity contribution is 5.81. The number of alkyl carbamates (subject to hydrolysis) is 1. The molecule has 1 heterocycles. The molecule has 1 aromatic rings. The molecule has 0 aliphatic heterocycles. The molecule has 0 bridgehead atoms. The molecule has 0 saturated heterocycles. The Labute approximate surface area is 135 Å². The molecule has 0 unspecified atom stereocenters. The number of ether oxygens (including phenoxy) is 2. The van der Waals surface area contributed by atoms with E-state index < -0.39 is 23.7 Å². The van der Waals surface area contributed by atoms with Gasteiger partial charge in [-0.15, -0.1) is 0 Å². The highest BCUT2D eigenvalue weighted by atomic mass is 16.6. The summed E-state index contributed by atoms with van der Waals surface area (Å²) in [7, 11) is 1.27. The summed E-state index contributed by atoms with van der Waals surface area (Å²) in [5.41, 5.74) is 5.90. The van der Waals surface area contributed by atoms with Crippen molar-refractivity contribution in [1.29, 1.82) is 0 Å². The summed E-state index contributed by atoms with van der Waals surface area (Å²) in [4.78, 5) is 31.4. The van der Waals surface area contributed by atoms with Crippen LogP contribution in [-0.4, -0.2) is 40.8 Å². The number of methoxy groups -OCH3 is 1. The first-order valence-corrected chi connectivity index (χ1v) is 7.34. The van der Waals surface area contributed by atoms with Crippen LogP contribution in [0, 0.1) is 0 Å². The molecule has 1 amide bonds. The van der Waals surface area contributed by atoms with Gasteiger partial charge >= 0.3 is 12.1 Å². The summed E-state index contributed by atoms with van der Waals surface area (Å²) in [6.45, 7) is 5.24. The average Bonchev–Trinajstić information content (AvgIpc) is 2.45. The van der Waals surface area contributed by atoms with Gasteiger partial charge in [-0.3, -0.25) is 0 Å². The van der Waals surface area contributed by atoms with Crippen molar-refractivity contribution < 1.29 is 19.1 Å². The van der Waals surface area contributed by atoms with Gasteiger partial charge in [0.25, 0.3) is 0 Å². The lowest BCUT2D eigenvalue weighted by atomic mass is 10.1. The number of aryl methyl sites for hydroxylation is 1. The van der Waals surface area contributed by atoms with Crippen LogP contribution in [0.15, 0.2) is 12.5 Å². The van der Waals surface area contributed by atoms with Crippen molar-refractivity contribution in [3.05, 3.63) is 18.1 Å². The SMILES string of the molecule is COC(=O)[C@H](CCCc1cncnc1N)NC(=O)OC(C)(C)C. The third-order valence-electron chi connectivity index (χ3n) is 2.94. The second-order valence-corrected chi connectivity index (χ2v) is 6.05. The quantitative estimate of drug-likeness (QED) is 0.760. The highest BCUT2D eigenvalue weighted by Crippen LogP contribution is 2.12. The lowest BCUT2D eigenvalue weighted by Gasteiger charge is -2.22. The first-order chi connectivity index (χ1) is 10.7. The first kappa shape index (κ1) is 18.7. The number of rotatable bonds is 6. The second kappa shape index (κ2) is 8.30. The maximum atomic E-state index is 11.8. The van der Waals surface area contributed by atoms with Crippen LogP contribution in [0.4, 0.5) is 10.6 Å². The Kier molecular flexibility index (Phi) is 6.74. The molecular weight excluding hydrogens is 300 g/mol. The summed E-state index contributed by atoms with van der Waals surface area (Å²) in [5.74, 6) is -0.108. The lowest BCUT2D eigenvalue weighted by molar-refractivity contribution is -0.143. The van der Waals surface area contributed by atoms with Gasteiger partial charge in [0, 0.05) is 11.8 Å². The Bertz CT molecular complexity index is 543. The van der Waals surface area contributed by atoms with Gasteiger partial charge in [-0.1, -0.05) is 0 Å². The number of aromatic nitrogens is 2. The summed E-state index contributed by atoms with van der Waals surface area (Å²) < 4.78 is 9.86. The summed E-state index contributed by atoms with van der Waals surface area (Å²) >= 11 is 0. The number of hydrogen-bond acceptors (Lipinski definition) is 7. The summed E-state index contributed by atoms with van der Waals surface area (Å²) in [5, 5.41) is 2.53. The molecule has 128 valence electrons. The standard InChI is InChI=1S/C15H24N4O4/c1-15(2,3)23-14(21)19-11(13(20)22-4)7-5-6-10-8-17-9-18-12(10)16/h8-9,11H,5-7H2,1-4H3,(H,19,21)(H2,16,17,18)/t11-/m0/s1. The van der Waals surface area contributed by atoms with Gasteiger partial charge in [0.15, 0.2) is 0 Å². The fourth-order valence-electron chi connectivity index (χ4n) is 1.90. The molecule has 0 aliphatic carbocycles. The van der Waals surface area contributed by atoms with Crippen LogP contribution < -0.4 is 11.1 Å². The maximum absolute atomic E-state index is 11.8. The monoisotopic (exact) mass is 324 g/mol. The van der Waals surface area contributed by atoms with E-state index >= 15 is 0 Å². The number of carbonyl (C=O) groups excluding carboxylic acids is 2. The number of carbonyl (C=O) groups is 2. The largest absolute Gasteiger partial charge is 0.467 e. The molecule has 0 saturated carbocycles. The van der Waals surface area contributed by atoms with Crippen LogP contribution in [0.1, 0.15) is 39.2 Å². The minimum atomic E-state index is -0.777. The highest BCUT2D eigenvalue weighted by Gasteiger charge is 2.24. The van der Waals surface area contributed by atoms with E-state index in [4.69, 9.17) is 15.2 Å². The zero-order valence-corrected chi connectivity index (χ0v) is 14.0. The molecular formula is C15H24N4O4. The van der Waals surface area contributed by atoms with Gasteiger partial charge < -0.3 is 20.5 Å². The minimum Gasteiger partial charge on any atom is -0.467 e. The maximum Gasteiger partial charge on any atom is 0.408 e. The molecule has 23 heavy (non-hydrogen) atoms. The number of nitrogens with one attached hydrogen (secondary N) is 1. The van der Waals surface area contributed by atoms with E-state index in [1.165, 1.54) is 13.4 Å². The fraction of sp³-hybridized carbons (Fsp3) is 0.600. The zero-order valence-electron chi connectivity index (χ0n) is 14.0. The van der Waals surface area contributed by atoms with Crippen molar-refractivity contribution >= 4 is 17.9 Å². The predicted octanol–water partition coefficient (Wildman–Crippen LogP) is 1.45. The molecule has 8 nitrogen and oxygen atoms in total. The van der Waals surface area contributed by atoms with Crippen LogP contribution in [0.25, 0.3) is 0 Å². The lowest BCUT2D eigenvalue weighted by Crippen LogP contribution is -2.44. The Morgan fingerprint density at radius 2 is 2.09 bits per heavy atom. The molecule has 0 aromatic carbocycles. The Hall–Kier alpha value is -2.38. The van der Waals surface area contributed by atoms with Crippen LogP contribution in [0.5, 0.6) is 0 Å². The minimum absolute atomic E-state index is 0.389. The Morgan fingerprint density at radius 1 is 1.39 bits per heavy atom. The van der Waals surface area contributed by atoms with Crippen molar-refractivity contribution in [2.75, 3.05) is 12.8 Å². The van der Waals surface area contributed by atoms with E-state index in [2.05, 4.69) is 15.3 Å². The third kappa shape index (κ3) is 6.94. The van der Waals surface area contributed by atoms with Crippen molar-refractivity contribution in [2.45, 2.75) is 51.7 Å². The van der Waals surface area contributed by atoms with Crippen molar-refractivity contribution in [2.24, 2.45) is 0 Å². The fourth-order valence-corrected chi connectivity index (χ4v) is 1.90. The van der Waals surface area contributed by atoms with Gasteiger partial charge in [-0.05, 0) is 40.0 Å². The van der Waals surface area contributed by atoms with Crippen LogP contribution >= 0.6 is 0 Å². The number of nitrogens with zero attached hydrogens (tertiary/aromatic N) is 2. The molecule has 1 rings (SSSR count). The zero-order chi connectivity index (χ0) is 17.5. The van der Waals surface area contributed by atoms with Crippen molar-refractivity contribution in [3.63, 3.8) is 0 Å². The molecule has 8 heteroatoms. The van der Waals surface area contributed by atoms with E-state index in [0.29, 0.717) is 25.1 Å². The van der Waals surface area contributed by atoms with Gasteiger partial charge in [-0.2, -0.15) is 0 Å². The number of anilines is 1. The molecule has 0 spiro atoms. The Morgan fingerprint density at radius 3 is 2.65 bits per heavy atom. The van der Waals surface area contributed by atoms with Gasteiger partial charge in [-0.25, -0.2) is 19.6 Å². The van der Waals surface area contributed by atoms with Gasteiger partial charge in [0.1, 0.15) is 23.8 Å². The molecule has 0 radical (unpaired) electrons. The van der Waals surface area contributed by atoms with Gasteiger partial charge in [0.05, 0.1) is 7.11 Å². The topological polar surface area (TPSA) is 116 Å². The molecule has 3 N–H and O–H groups in total. The third-order valence-corrected chi connectivity index (χ3v) is 2.94. The van der Waals surface area contributed by atoms with Crippen molar-refractivity contribution in [1.82, 2.24) is 15.3 Å². The second-order valence-electron chi connectivity index (χ2n) is 6.05.